The van der Waals surface area contributed by atoms with Crippen LogP contribution in [-0.4, -0.2) is 49.8 Å². The number of aromatic nitrogens is 2. The lowest BCUT2D eigenvalue weighted by atomic mass is 10.00. The summed E-state index contributed by atoms with van der Waals surface area (Å²) in [5, 5.41) is 7.52. The lowest BCUT2D eigenvalue weighted by Gasteiger charge is -2.12. The number of ether oxygens (including phenoxy) is 2. The summed E-state index contributed by atoms with van der Waals surface area (Å²) in [6, 6.07) is 3.46. The highest BCUT2D eigenvalue weighted by Crippen LogP contribution is 2.46. The fourth-order valence-electron chi connectivity index (χ4n) is 3.25. The molecular formula is C19H18Cl2N4O3S. The van der Waals surface area contributed by atoms with Crippen molar-refractivity contribution in [2.45, 2.75) is 6.42 Å². The number of nitrogens with zero attached hydrogens (tertiary/aromatic N) is 2. The number of amides is 1. The molecule has 4 rings (SSSR count). The number of methoxy groups -OCH3 is 1. The number of hydrogen-bond acceptors (Lipinski definition) is 7. The summed E-state index contributed by atoms with van der Waals surface area (Å²) in [6.45, 7) is 1.40. The predicted molar refractivity (Wildman–Crippen MR) is 116 cm³/mol. The van der Waals surface area contributed by atoms with E-state index in [1.807, 2.05) is 0 Å². The average molecular weight is 453 g/mol. The highest BCUT2D eigenvalue weighted by atomic mass is 35.5. The van der Waals surface area contributed by atoms with Gasteiger partial charge in [-0.25, -0.2) is 9.97 Å². The van der Waals surface area contributed by atoms with Crippen molar-refractivity contribution in [1.29, 1.82) is 0 Å². The molecule has 1 aromatic carbocycles. The molecule has 0 bridgehead atoms. The summed E-state index contributed by atoms with van der Waals surface area (Å²) in [5.74, 6) is 0.897. The predicted octanol–water partition coefficient (Wildman–Crippen LogP) is 4.02. The van der Waals surface area contributed by atoms with Crippen LogP contribution in [0.5, 0.6) is 5.75 Å². The van der Waals surface area contributed by atoms with Crippen molar-refractivity contribution >= 4 is 56.6 Å². The first kappa shape index (κ1) is 20.2. The maximum atomic E-state index is 12.5. The van der Waals surface area contributed by atoms with E-state index in [-0.39, 0.29) is 5.91 Å². The Hall–Kier alpha value is -2.13. The lowest BCUT2D eigenvalue weighted by molar-refractivity contribution is 0.0941. The van der Waals surface area contributed by atoms with E-state index in [0.29, 0.717) is 63.3 Å². The SMILES string of the molecule is CNc1nc(-c2c(Cl)cc(Cl)c3c2CCO3)c2cc(C(=O)NCCOC)sc2n1. The van der Waals surface area contributed by atoms with Crippen molar-refractivity contribution in [2.24, 2.45) is 0 Å². The second-order valence-corrected chi connectivity index (χ2v) is 8.19. The summed E-state index contributed by atoms with van der Waals surface area (Å²) in [4.78, 5) is 22.9. The fourth-order valence-corrected chi connectivity index (χ4v) is 4.84. The lowest BCUT2D eigenvalue weighted by Crippen LogP contribution is -2.26. The van der Waals surface area contributed by atoms with Gasteiger partial charge in [0.1, 0.15) is 10.6 Å². The molecule has 0 spiro atoms. The van der Waals surface area contributed by atoms with Crippen LogP contribution < -0.4 is 15.4 Å². The van der Waals surface area contributed by atoms with Crippen LogP contribution in [0.4, 0.5) is 5.95 Å². The van der Waals surface area contributed by atoms with Gasteiger partial charge in [-0.15, -0.1) is 11.3 Å². The number of thiophene rings is 1. The molecule has 2 aromatic heterocycles. The molecule has 3 aromatic rings. The first-order valence-corrected chi connectivity index (χ1v) is 10.5. The van der Waals surface area contributed by atoms with E-state index in [2.05, 4.69) is 20.6 Å². The topological polar surface area (TPSA) is 85.4 Å². The second-order valence-electron chi connectivity index (χ2n) is 6.35. The van der Waals surface area contributed by atoms with Crippen LogP contribution >= 0.6 is 34.5 Å². The molecule has 0 saturated heterocycles. The highest BCUT2D eigenvalue weighted by molar-refractivity contribution is 7.20. The Balaban J connectivity index is 1.87. The second kappa shape index (κ2) is 8.31. The molecule has 2 N–H and O–H groups in total. The Morgan fingerprint density at radius 1 is 1.31 bits per heavy atom. The number of hydrogen-bond donors (Lipinski definition) is 2. The Labute approximate surface area is 181 Å². The molecule has 3 heterocycles. The van der Waals surface area contributed by atoms with Crippen molar-refractivity contribution in [1.82, 2.24) is 15.3 Å². The van der Waals surface area contributed by atoms with E-state index in [0.717, 1.165) is 16.5 Å². The molecule has 7 nitrogen and oxygen atoms in total. The summed E-state index contributed by atoms with van der Waals surface area (Å²) in [5.41, 5.74) is 2.33. The molecule has 0 atom stereocenters. The molecule has 152 valence electrons. The third kappa shape index (κ3) is 3.73. The van der Waals surface area contributed by atoms with E-state index < -0.39 is 0 Å². The van der Waals surface area contributed by atoms with Crippen LogP contribution in [0.25, 0.3) is 21.5 Å². The largest absolute Gasteiger partial charge is 0.491 e. The van der Waals surface area contributed by atoms with Crippen molar-refractivity contribution in [3.63, 3.8) is 0 Å². The number of halogens is 2. The third-order valence-electron chi connectivity index (χ3n) is 4.55. The van der Waals surface area contributed by atoms with E-state index in [1.54, 1.807) is 26.3 Å². The number of carbonyl (C=O) groups excluding carboxylic acids is 1. The molecule has 0 fully saturated rings. The zero-order valence-electron chi connectivity index (χ0n) is 15.8. The monoisotopic (exact) mass is 452 g/mol. The maximum absolute atomic E-state index is 12.5. The Kier molecular flexibility index (Phi) is 5.78. The Morgan fingerprint density at radius 3 is 2.90 bits per heavy atom. The number of rotatable bonds is 6. The van der Waals surface area contributed by atoms with Crippen molar-refractivity contribution < 1.29 is 14.3 Å². The van der Waals surface area contributed by atoms with Gasteiger partial charge in [0.15, 0.2) is 0 Å². The summed E-state index contributed by atoms with van der Waals surface area (Å²) >= 11 is 14.2. The normalized spacial score (nSPS) is 12.7. The van der Waals surface area contributed by atoms with Gasteiger partial charge in [-0.1, -0.05) is 23.2 Å². The molecule has 1 aliphatic rings. The van der Waals surface area contributed by atoms with Gasteiger partial charge in [-0.05, 0) is 12.1 Å². The number of carbonyl (C=O) groups is 1. The number of fused-ring (bicyclic) bond motifs is 2. The van der Waals surface area contributed by atoms with Crippen LogP contribution in [0.3, 0.4) is 0 Å². The number of nitrogens with one attached hydrogen (secondary N) is 2. The number of anilines is 1. The fraction of sp³-hybridized carbons (Fsp3) is 0.316. The van der Waals surface area contributed by atoms with Gasteiger partial charge in [-0.2, -0.15) is 0 Å². The van der Waals surface area contributed by atoms with Crippen LogP contribution in [0.1, 0.15) is 15.2 Å². The van der Waals surface area contributed by atoms with Gasteiger partial charge in [0.05, 0.1) is 33.8 Å². The van der Waals surface area contributed by atoms with Crippen LogP contribution in [0.2, 0.25) is 10.0 Å². The summed E-state index contributed by atoms with van der Waals surface area (Å²) in [6.07, 6.45) is 0.680. The zero-order chi connectivity index (χ0) is 20.5. The van der Waals surface area contributed by atoms with Crippen LogP contribution in [0, 0.1) is 0 Å². The van der Waals surface area contributed by atoms with Crippen molar-refractivity contribution in [2.75, 3.05) is 39.2 Å². The van der Waals surface area contributed by atoms with Gasteiger partial charge in [0, 0.05) is 43.6 Å². The average Bonchev–Trinajstić information content (AvgIpc) is 3.35. The zero-order valence-corrected chi connectivity index (χ0v) is 18.1. The summed E-state index contributed by atoms with van der Waals surface area (Å²) < 4.78 is 10.7. The van der Waals surface area contributed by atoms with Crippen LogP contribution in [-0.2, 0) is 11.2 Å². The maximum Gasteiger partial charge on any atom is 0.261 e. The Bertz CT molecular complexity index is 1100. The first-order valence-electron chi connectivity index (χ1n) is 8.94. The molecule has 0 radical (unpaired) electrons. The molecule has 1 aliphatic heterocycles. The minimum atomic E-state index is -0.183. The minimum absolute atomic E-state index is 0.183. The standard InChI is InChI=1S/C19H18Cl2N4O3S/c1-22-19-24-15(14-9-3-5-28-16(9)12(21)8-11(14)20)10-7-13(29-18(10)25-19)17(26)23-4-6-27-2/h7-8H,3-6H2,1-2H3,(H,23,26)(H,22,24,25). The quantitative estimate of drug-likeness (QED) is 0.549. The molecule has 0 aliphatic carbocycles. The molecule has 29 heavy (non-hydrogen) atoms. The van der Waals surface area contributed by atoms with Gasteiger partial charge >= 0.3 is 0 Å². The molecule has 0 unspecified atom stereocenters. The van der Waals surface area contributed by atoms with Gasteiger partial charge in [-0.3, -0.25) is 4.79 Å². The molecular weight excluding hydrogens is 435 g/mol. The van der Waals surface area contributed by atoms with Gasteiger partial charge in [0.25, 0.3) is 5.91 Å². The number of benzene rings is 1. The third-order valence-corrected chi connectivity index (χ3v) is 6.16. The first-order chi connectivity index (χ1) is 14.0. The molecule has 1 amide bonds. The van der Waals surface area contributed by atoms with Crippen molar-refractivity contribution in [3.05, 3.63) is 32.6 Å². The highest BCUT2D eigenvalue weighted by Gasteiger charge is 2.26. The van der Waals surface area contributed by atoms with Crippen LogP contribution in [0.15, 0.2) is 12.1 Å². The van der Waals surface area contributed by atoms with E-state index in [4.69, 9.17) is 32.7 Å². The molecule has 0 saturated carbocycles. The van der Waals surface area contributed by atoms with Gasteiger partial charge < -0.3 is 20.1 Å². The van der Waals surface area contributed by atoms with Crippen molar-refractivity contribution in [3.8, 4) is 17.0 Å². The molecule has 10 heteroatoms. The minimum Gasteiger partial charge on any atom is -0.491 e. The Morgan fingerprint density at radius 2 is 2.14 bits per heavy atom. The van der Waals surface area contributed by atoms with Gasteiger partial charge in [0.2, 0.25) is 5.95 Å². The van der Waals surface area contributed by atoms with E-state index >= 15 is 0 Å². The smallest absolute Gasteiger partial charge is 0.261 e. The van der Waals surface area contributed by atoms with E-state index in [9.17, 15) is 4.79 Å². The summed E-state index contributed by atoms with van der Waals surface area (Å²) in [7, 11) is 3.33. The van der Waals surface area contributed by atoms with E-state index in [1.165, 1.54) is 11.3 Å².